The molecule has 0 spiro atoms. The normalized spacial score (nSPS) is 12.2. The van der Waals surface area contributed by atoms with Crippen LogP contribution in [0.15, 0.2) is 41.2 Å². The fourth-order valence-corrected chi connectivity index (χ4v) is 2.37. The number of aromatic nitrogens is 4. The van der Waals surface area contributed by atoms with Crippen molar-refractivity contribution in [2.24, 2.45) is 0 Å². The molecule has 1 amide bonds. The van der Waals surface area contributed by atoms with Crippen molar-refractivity contribution in [3.63, 3.8) is 0 Å². The van der Waals surface area contributed by atoms with Crippen molar-refractivity contribution in [3.05, 3.63) is 53.7 Å². The van der Waals surface area contributed by atoms with Gasteiger partial charge in [-0.1, -0.05) is 29.4 Å². The Bertz CT molecular complexity index is 865. The molecule has 7 heteroatoms. The van der Waals surface area contributed by atoms with Crippen LogP contribution in [0.4, 0.5) is 0 Å². The van der Waals surface area contributed by atoms with Gasteiger partial charge in [-0.2, -0.15) is 10.1 Å². The van der Waals surface area contributed by atoms with Crippen LogP contribution in [0.1, 0.15) is 34.8 Å². The van der Waals surface area contributed by atoms with Crippen molar-refractivity contribution in [3.8, 4) is 11.4 Å². The Kier molecular flexibility index (Phi) is 4.16. The molecule has 1 atom stereocenters. The molecule has 24 heavy (non-hydrogen) atoms. The van der Waals surface area contributed by atoms with E-state index in [4.69, 9.17) is 4.52 Å². The van der Waals surface area contributed by atoms with Gasteiger partial charge in [0, 0.05) is 25.9 Å². The van der Waals surface area contributed by atoms with Gasteiger partial charge in [0.15, 0.2) is 0 Å². The molecule has 3 aromatic rings. The van der Waals surface area contributed by atoms with Crippen LogP contribution in [0, 0.1) is 6.92 Å². The molecule has 1 aromatic carbocycles. The molecule has 0 aliphatic carbocycles. The Balaban J connectivity index is 1.85. The number of rotatable bonds is 4. The summed E-state index contributed by atoms with van der Waals surface area (Å²) in [7, 11) is 3.41. The zero-order valence-corrected chi connectivity index (χ0v) is 14.1. The van der Waals surface area contributed by atoms with Gasteiger partial charge in [-0.15, -0.1) is 0 Å². The largest absolute Gasteiger partial charge is 0.345 e. The third-order valence-electron chi connectivity index (χ3n) is 3.84. The number of nitrogens with zero attached hydrogens (tertiary/aromatic N) is 5. The van der Waals surface area contributed by atoms with Gasteiger partial charge in [-0.3, -0.25) is 9.48 Å². The summed E-state index contributed by atoms with van der Waals surface area (Å²) >= 11 is 0. The van der Waals surface area contributed by atoms with E-state index in [0.717, 1.165) is 11.1 Å². The summed E-state index contributed by atoms with van der Waals surface area (Å²) in [6, 6.07) is 7.60. The average Bonchev–Trinajstić information content (AvgIpc) is 3.23. The van der Waals surface area contributed by atoms with Crippen molar-refractivity contribution in [1.82, 2.24) is 24.8 Å². The molecule has 1 unspecified atom stereocenters. The molecule has 0 saturated heterocycles. The standard InChI is InChI=1S/C17H19N5O2/c1-11-7-5-6-8-14(11)15-19-16(24-20-15)12(2)22-10-13(9-18-22)17(23)21(3)4/h5-10,12H,1-4H3. The highest BCUT2D eigenvalue weighted by Crippen LogP contribution is 2.23. The van der Waals surface area contributed by atoms with Gasteiger partial charge in [0.05, 0.1) is 11.8 Å². The van der Waals surface area contributed by atoms with Crippen LogP contribution >= 0.6 is 0 Å². The summed E-state index contributed by atoms with van der Waals surface area (Å²) in [5.74, 6) is 0.895. The van der Waals surface area contributed by atoms with E-state index >= 15 is 0 Å². The number of hydrogen-bond acceptors (Lipinski definition) is 5. The molecule has 0 fully saturated rings. The van der Waals surface area contributed by atoms with E-state index in [-0.39, 0.29) is 11.9 Å². The second kappa shape index (κ2) is 6.27. The Morgan fingerprint density at radius 3 is 2.75 bits per heavy atom. The fraction of sp³-hybridized carbons (Fsp3) is 0.294. The Labute approximate surface area is 139 Å². The maximum atomic E-state index is 12.0. The number of carbonyl (C=O) groups excluding carboxylic acids is 1. The molecular formula is C17H19N5O2. The average molecular weight is 325 g/mol. The number of hydrogen-bond donors (Lipinski definition) is 0. The van der Waals surface area contributed by atoms with Crippen molar-refractivity contribution in [2.75, 3.05) is 14.1 Å². The first kappa shape index (κ1) is 15.9. The lowest BCUT2D eigenvalue weighted by atomic mass is 10.1. The summed E-state index contributed by atoms with van der Waals surface area (Å²) in [5.41, 5.74) is 2.53. The molecular weight excluding hydrogens is 306 g/mol. The lowest BCUT2D eigenvalue weighted by molar-refractivity contribution is 0.0827. The molecule has 0 radical (unpaired) electrons. The second-order valence-electron chi connectivity index (χ2n) is 5.86. The smallest absolute Gasteiger partial charge is 0.256 e. The van der Waals surface area contributed by atoms with E-state index in [1.165, 1.54) is 11.1 Å². The van der Waals surface area contributed by atoms with E-state index in [0.29, 0.717) is 17.3 Å². The zero-order chi connectivity index (χ0) is 17.3. The molecule has 2 aromatic heterocycles. The molecule has 0 aliphatic heterocycles. The maximum absolute atomic E-state index is 12.0. The minimum atomic E-state index is -0.265. The minimum absolute atomic E-state index is 0.0976. The van der Waals surface area contributed by atoms with Crippen LogP contribution < -0.4 is 0 Å². The minimum Gasteiger partial charge on any atom is -0.345 e. The van der Waals surface area contributed by atoms with Crippen molar-refractivity contribution in [1.29, 1.82) is 0 Å². The molecule has 124 valence electrons. The van der Waals surface area contributed by atoms with Crippen molar-refractivity contribution in [2.45, 2.75) is 19.9 Å². The molecule has 3 rings (SSSR count). The highest BCUT2D eigenvalue weighted by molar-refractivity contribution is 5.93. The van der Waals surface area contributed by atoms with Crippen LogP contribution in [0.3, 0.4) is 0 Å². The van der Waals surface area contributed by atoms with Gasteiger partial charge in [0.25, 0.3) is 11.8 Å². The van der Waals surface area contributed by atoms with Crippen LogP contribution in [0.25, 0.3) is 11.4 Å². The van der Waals surface area contributed by atoms with Gasteiger partial charge in [-0.25, -0.2) is 0 Å². The second-order valence-corrected chi connectivity index (χ2v) is 5.86. The van der Waals surface area contributed by atoms with Crippen LogP contribution in [0.5, 0.6) is 0 Å². The Morgan fingerprint density at radius 2 is 2.04 bits per heavy atom. The predicted octanol–water partition coefficient (Wildman–Crippen LogP) is 2.55. The summed E-state index contributed by atoms with van der Waals surface area (Å²) in [6.07, 6.45) is 3.22. The topological polar surface area (TPSA) is 77.0 Å². The molecule has 0 aliphatic rings. The first-order valence-corrected chi connectivity index (χ1v) is 7.62. The lowest BCUT2D eigenvalue weighted by Crippen LogP contribution is -2.21. The van der Waals surface area contributed by atoms with Crippen molar-refractivity contribution < 1.29 is 9.32 Å². The third kappa shape index (κ3) is 2.92. The Hall–Kier alpha value is -2.96. The number of carbonyl (C=O) groups is 1. The Morgan fingerprint density at radius 1 is 1.29 bits per heavy atom. The molecule has 7 nitrogen and oxygen atoms in total. The number of amides is 1. The SMILES string of the molecule is Cc1ccccc1-c1noc(C(C)n2cc(C(=O)N(C)C)cn2)n1. The van der Waals surface area contributed by atoms with Gasteiger partial charge >= 0.3 is 0 Å². The molecule has 2 heterocycles. The monoisotopic (exact) mass is 325 g/mol. The highest BCUT2D eigenvalue weighted by atomic mass is 16.5. The van der Waals surface area contributed by atoms with Gasteiger partial charge < -0.3 is 9.42 Å². The van der Waals surface area contributed by atoms with Crippen LogP contribution in [-0.2, 0) is 0 Å². The number of benzene rings is 1. The van der Waals surface area contributed by atoms with Crippen LogP contribution in [-0.4, -0.2) is 44.8 Å². The molecule has 0 saturated carbocycles. The summed E-state index contributed by atoms with van der Waals surface area (Å²) in [6.45, 7) is 3.90. The lowest BCUT2D eigenvalue weighted by Gasteiger charge is -2.08. The fourth-order valence-electron chi connectivity index (χ4n) is 2.37. The first-order chi connectivity index (χ1) is 11.5. The quantitative estimate of drug-likeness (QED) is 0.737. The first-order valence-electron chi connectivity index (χ1n) is 7.62. The van der Waals surface area contributed by atoms with E-state index in [1.807, 2.05) is 38.1 Å². The van der Waals surface area contributed by atoms with E-state index in [1.54, 1.807) is 25.0 Å². The zero-order valence-electron chi connectivity index (χ0n) is 14.1. The van der Waals surface area contributed by atoms with E-state index < -0.39 is 0 Å². The van der Waals surface area contributed by atoms with Gasteiger partial charge in [0.1, 0.15) is 6.04 Å². The predicted molar refractivity (Wildman–Crippen MR) is 88.5 cm³/mol. The van der Waals surface area contributed by atoms with Crippen molar-refractivity contribution >= 4 is 5.91 Å². The summed E-state index contributed by atoms with van der Waals surface area (Å²) in [5, 5.41) is 8.30. The molecule has 0 N–H and O–H groups in total. The van der Waals surface area contributed by atoms with E-state index in [9.17, 15) is 4.79 Å². The van der Waals surface area contributed by atoms with Gasteiger partial charge in [-0.05, 0) is 19.4 Å². The maximum Gasteiger partial charge on any atom is 0.256 e. The molecule has 0 bridgehead atoms. The third-order valence-corrected chi connectivity index (χ3v) is 3.84. The highest BCUT2D eigenvalue weighted by Gasteiger charge is 2.20. The van der Waals surface area contributed by atoms with Crippen LogP contribution in [0.2, 0.25) is 0 Å². The van der Waals surface area contributed by atoms with E-state index in [2.05, 4.69) is 15.2 Å². The number of aryl methyl sites for hydroxylation is 1. The summed E-state index contributed by atoms with van der Waals surface area (Å²) < 4.78 is 7.03. The van der Waals surface area contributed by atoms with Gasteiger partial charge in [0.2, 0.25) is 5.82 Å². The summed E-state index contributed by atoms with van der Waals surface area (Å²) in [4.78, 5) is 17.9.